The van der Waals surface area contributed by atoms with Gasteiger partial charge in [0, 0.05) is 12.0 Å². The van der Waals surface area contributed by atoms with Gasteiger partial charge in [-0.25, -0.2) is 14.6 Å². The van der Waals surface area contributed by atoms with E-state index in [1.165, 1.54) is 0 Å². The Kier molecular flexibility index (Phi) is 5.24. The molecule has 31 heavy (non-hydrogen) atoms. The van der Waals surface area contributed by atoms with E-state index >= 15 is 0 Å². The average Bonchev–Trinajstić information content (AvgIpc) is 3.36. The van der Waals surface area contributed by atoms with Crippen LogP contribution >= 0.6 is 0 Å². The lowest BCUT2D eigenvalue weighted by molar-refractivity contribution is -0.139. The van der Waals surface area contributed by atoms with Gasteiger partial charge in [0.05, 0.1) is 23.2 Å². The molecule has 3 N–H and O–H groups in total. The van der Waals surface area contributed by atoms with Gasteiger partial charge in [-0.15, -0.1) is 0 Å². The van der Waals surface area contributed by atoms with Crippen LogP contribution in [-0.4, -0.2) is 33.0 Å². The maximum absolute atomic E-state index is 12.8. The van der Waals surface area contributed by atoms with E-state index in [0.29, 0.717) is 28.6 Å². The van der Waals surface area contributed by atoms with Gasteiger partial charge in [0.1, 0.15) is 23.4 Å². The topological polar surface area (TPSA) is 113 Å². The Labute approximate surface area is 177 Å². The molecule has 8 nitrogen and oxygen atoms in total. The Morgan fingerprint density at radius 1 is 1.23 bits per heavy atom. The Hall–Kier alpha value is -4.38. The van der Waals surface area contributed by atoms with Gasteiger partial charge in [-0.1, -0.05) is 36.4 Å². The molecule has 2 heterocycles. The van der Waals surface area contributed by atoms with Gasteiger partial charge in [-0.2, -0.15) is 0 Å². The number of amides is 1. The van der Waals surface area contributed by atoms with Crippen LogP contribution in [0.5, 0.6) is 0 Å². The predicted octanol–water partition coefficient (Wildman–Crippen LogP) is 4.11. The molecule has 2 aromatic carbocycles. The number of carboxylic acid groups (broad SMARTS) is 1. The van der Waals surface area contributed by atoms with Crippen molar-refractivity contribution in [3.05, 3.63) is 83.2 Å². The molecule has 0 radical (unpaired) electrons. The number of nitrogens with one attached hydrogen (secondary N) is 2. The zero-order valence-electron chi connectivity index (χ0n) is 16.5. The second-order valence-electron chi connectivity index (χ2n) is 7.01. The SMILES string of the molecule is [C-]#[N+]c1ccc(-c2cc(C(=O)NC(Cc3nc4ccccc4[nH]3)C(=O)O)c(C)o2)cc1. The molecule has 0 bridgehead atoms. The number of hydrogen-bond acceptors (Lipinski definition) is 4. The summed E-state index contributed by atoms with van der Waals surface area (Å²) in [5.74, 6) is -0.407. The van der Waals surface area contributed by atoms with Gasteiger partial charge in [0.15, 0.2) is 5.69 Å². The number of para-hydroxylation sites is 2. The largest absolute Gasteiger partial charge is 0.480 e. The number of carbonyl (C=O) groups excluding carboxylic acids is 1. The summed E-state index contributed by atoms with van der Waals surface area (Å²) in [7, 11) is 0. The molecule has 0 fully saturated rings. The van der Waals surface area contributed by atoms with Crippen molar-refractivity contribution in [3.8, 4) is 11.3 Å². The van der Waals surface area contributed by atoms with Gasteiger partial charge >= 0.3 is 5.97 Å². The second-order valence-corrected chi connectivity index (χ2v) is 7.01. The van der Waals surface area contributed by atoms with E-state index in [1.807, 2.05) is 24.3 Å². The number of aliphatic carboxylic acids is 1. The Morgan fingerprint density at radius 2 is 1.97 bits per heavy atom. The summed E-state index contributed by atoms with van der Waals surface area (Å²) < 4.78 is 5.69. The van der Waals surface area contributed by atoms with Crippen molar-refractivity contribution >= 4 is 28.6 Å². The molecule has 0 saturated carbocycles. The average molecular weight is 414 g/mol. The van der Waals surface area contributed by atoms with E-state index in [9.17, 15) is 14.7 Å². The Bertz CT molecular complexity index is 1280. The summed E-state index contributed by atoms with van der Waals surface area (Å²) in [6.45, 7) is 8.66. The van der Waals surface area contributed by atoms with E-state index in [2.05, 4.69) is 20.1 Å². The number of aromatic amines is 1. The lowest BCUT2D eigenvalue weighted by atomic mass is 10.1. The molecular formula is C23H18N4O4. The van der Waals surface area contributed by atoms with Crippen LogP contribution in [0.1, 0.15) is 21.9 Å². The summed E-state index contributed by atoms with van der Waals surface area (Å²) in [4.78, 5) is 35.3. The summed E-state index contributed by atoms with van der Waals surface area (Å²) >= 11 is 0. The molecule has 0 aliphatic carbocycles. The first-order valence-corrected chi connectivity index (χ1v) is 9.50. The maximum Gasteiger partial charge on any atom is 0.326 e. The number of imidazole rings is 1. The highest BCUT2D eigenvalue weighted by atomic mass is 16.4. The smallest absolute Gasteiger partial charge is 0.326 e. The van der Waals surface area contributed by atoms with Crippen molar-refractivity contribution < 1.29 is 19.1 Å². The van der Waals surface area contributed by atoms with E-state index in [1.54, 1.807) is 37.3 Å². The fourth-order valence-corrected chi connectivity index (χ4v) is 3.28. The van der Waals surface area contributed by atoms with Gasteiger partial charge in [0.2, 0.25) is 0 Å². The van der Waals surface area contributed by atoms with Crippen molar-refractivity contribution in [2.24, 2.45) is 0 Å². The molecule has 2 aromatic heterocycles. The Balaban J connectivity index is 1.53. The standard InChI is InChI=1S/C23H18N4O4/c1-13-16(11-20(31-13)14-7-9-15(24-2)10-8-14)22(28)27-19(23(29)30)12-21-25-17-5-3-4-6-18(17)26-21/h3-11,19H,12H2,1H3,(H,25,26)(H,27,28)(H,29,30). The number of furan rings is 1. The van der Waals surface area contributed by atoms with E-state index in [4.69, 9.17) is 11.0 Å². The molecule has 0 spiro atoms. The summed E-state index contributed by atoms with van der Waals surface area (Å²) in [5, 5.41) is 12.2. The molecule has 1 atom stereocenters. The van der Waals surface area contributed by atoms with Crippen molar-refractivity contribution in [1.82, 2.24) is 15.3 Å². The van der Waals surface area contributed by atoms with Crippen molar-refractivity contribution in [2.45, 2.75) is 19.4 Å². The normalized spacial score (nSPS) is 11.7. The molecule has 1 amide bonds. The number of benzene rings is 2. The first kappa shape index (κ1) is 19.9. The van der Waals surface area contributed by atoms with Crippen LogP contribution in [0.15, 0.2) is 59.0 Å². The zero-order valence-corrected chi connectivity index (χ0v) is 16.5. The minimum atomic E-state index is -1.16. The van der Waals surface area contributed by atoms with Crippen LogP contribution in [0.3, 0.4) is 0 Å². The number of H-pyrrole nitrogens is 1. The number of rotatable bonds is 6. The minimum Gasteiger partial charge on any atom is -0.480 e. The molecule has 4 aromatic rings. The molecule has 0 aliphatic rings. The number of fused-ring (bicyclic) bond motifs is 1. The first-order valence-electron chi connectivity index (χ1n) is 9.50. The quantitative estimate of drug-likeness (QED) is 0.411. The van der Waals surface area contributed by atoms with Gasteiger partial charge < -0.3 is 19.8 Å². The number of aromatic nitrogens is 2. The third kappa shape index (κ3) is 4.16. The third-order valence-electron chi connectivity index (χ3n) is 4.88. The first-order chi connectivity index (χ1) is 14.9. The highest BCUT2D eigenvalue weighted by molar-refractivity contribution is 5.98. The second kappa shape index (κ2) is 8.16. The lowest BCUT2D eigenvalue weighted by Crippen LogP contribution is -2.42. The number of hydrogen-bond donors (Lipinski definition) is 3. The number of aryl methyl sites for hydroxylation is 1. The lowest BCUT2D eigenvalue weighted by Gasteiger charge is -2.12. The number of carbonyl (C=O) groups is 2. The molecule has 1 unspecified atom stereocenters. The van der Waals surface area contributed by atoms with E-state index < -0.39 is 17.9 Å². The van der Waals surface area contributed by atoms with Crippen LogP contribution < -0.4 is 5.32 Å². The molecule has 8 heteroatoms. The fourth-order valence-electron chi connectivity index (χ4n) is 3.28. The van der Waals surface area contributed by atoms with Crippen LogP contribution in [0.4, 0.5) is 5.69 Å². The summed E-state index contributed by atoms with van der Waals surface area (Å²) in [6, 6.07) is 14.6. The van der Waals surface area contributed by atoms with Crippen LogP contribution in [0, 0.1) is 13.5 Å². The van der Waals surface area contributed by atoms with Crippen LogP contribution in [0.2, 0.25) is 0 Å². The van der Waals surface area contributed by atoms with E-state index in [0.717, 1.165) is 11.0 Å². The van der Waals surface area contributed by atoms with Crippen LogP contribution in [-0.2, 0) is 11.2 Å². The summed E-state index contributed by atoms with van der Waals surface area (Å²) in [6.07, 6.45) is 0.0115. The third-order valence-corrected chi connectivity index (χ3v) is 4.88. The van der Waals surface area contributed by atoms with Gasteiger partial charge in [-0.05, 0) is 25.1 Å². The van der Waals surface area contributed by atoms with E-state index in [-0.39, 0.29) is 12.0 Å². The monoisotopic (exact) mass is 414 g/mol. The van der Waals surface area contributed by atoms with Crippen molar-refractivity contribution in [3.63, 3.8) is 0 Å². The number of carboxylic acids is 1. The molecule has 4 rings (SSSR count). The van der Waals surface area contributed by atoms with Gasteiger partial charge in [0.25, 0.3) is 5.91 Å². The fraction of sp³-hybridized carbons (Fsp3) is 0.130. The number of nitrogens with zero attached hydrogens (tertiary/aromatic N) is 2. The highest BCUT2D eigenvalue weighted by Gasteiger charge is 2.25. The highest BCUT2D eigenvalue weighted by Crippen LogP contribution is 2.27. The Morgan fingerprint density at radius 3 is 2.65 bits per heavy atom. The molecule has 154 valence electrons. The van der Waals surface area contributed by atoms with Gasteiger partial charge in [-0.3, -0.25) is 4.79 Å². The maximum atomic E-state index is 12.8. The van der Waals surface area contributed by atoms with Crippen molar-refractivity contribution in [1.29, 1.82) is 0 Å². The molecule has 0 aliphatic heterocycles. The van der Waals surface area contributed by atoms with Crippen LogP contribution in [0.25, 0.3) is 27.2 Å². The molecular weight excluding hydrogens is 396 g/mol. The minimum absolute atomic E-state index is 0.0115. The zero-order chi connectivity index (χ0) is 22.0. The predicted molar refractivity (Wildman–Crippen MR) is 114 cm³/mol. The molecule has 0 saturated heterocycles. The summed E-state index contributed by atoms with van der Waals surface area (Å²) in [5.41, 5.74) is 2.99. The van der Waals surface area contributed by atoms with Crippen molar-refractivity contribution in [2.75, 3.05) is 0 Å².